The molecule has 11 heavy (non-hydrogen) atoms. The number of nitrogens with zero attached hydrogens (tertiary/aromatic N) is 1. The molecule has 1 aromatic rings. The summed E-state index contributed by atoms with van der Waals surface area (Å²) >= 11 is 1.94. The number of nitrogens with one attached hydrogen (secondary N) is 1. The summed E-state index contributed by atoms with van der Waals surface area (Å²) < 4.78 is 0. The molecule has 1 N–H and O–H groups in total. The first-order valence-electron chi connectivity index (χ1n) is 3.72. The smallest absolute Gasteiger partial charge is 0.0805 e. The minimum Gasteiger partial charge on any atom is -0.301 e. The fourth-order valence-electron chi connectivity index (χ4n) is 1.17. The molecule has 1 saturated heterocycles. The number of aromatic nitrogens is 1. The number of hydrogen-bond acceptors (Lipinski definition) is 3. The van der Waals surface area contributed by atoms with E-state index in [-0.39, 0.29) is 0 Å². The van der Waals surface area contributed by atoms with Crippen LogP contribution in [-0.4, -0.2) is 17.3 Å². The fourth-order valence-corrected chi connectivity index (χ4v) is 2.21. The lowest BCUT2D eigenvalue weighted by atomic mass is 10.3. The molecule has 1 aliphatic heterocycles. The molecule has 1 atom stereocenters. The predicted octanol–water partition coefficient (Wildman–Crippen LogP) is 1.42. The maximum atomic E-state index is 4.08. The van der Waals surface area contributed by atoms with Gasteiger partial charge in [-0.25, -0.2) is 0 Å². The maximum Gasteiger partial charge on any atom is 0.0805 e. The van der Waals surface area contributed by atoms with E-state index in [0.717, 1.165) is 6.54 Å². The number of hydrogen-bond donors (Lipinski definition) is 1. The van der Waals surface area contributed by atoms with Gasteiger partial charge in [-0.3, -0.25) is 4.98 Å². The van der Waals surface area contributed by atoms with Crippen molar-refractivity contribution in [1.29, 1.82) is 0 Å². The average Bonchev–Trinajstić information content (AvgIpc) is 2.58. The number of pyridine rings is 1. The number of thioether (sulfide) groups is 1. The monoisotopic (exact) mass is 166 g/mol. The van der Waals surface area contributed by atoms with E-state index in [1.165, 1.54) is 11.3 Å². The lowest BCUT2D eigenvalue weighted by Crippen LogP contribution is -2.11. The Kier molecular flexibility index (Phi) is 2.10. The zero-order chi connectivity index (χ0) is 7.52. The van der Waals surface area contributed by atoms with Crippen LogP contribution in [0.25, 0.3) is 0 Å². The van der Waals surface area contributed by atoms with E-state index < -0.39 is 0 Å². The van der Waals surface area contributed by atoms with Gasteiger partial charge in [0.1, 0.15) is 0 Å². The summed E-state index contributed by atoms with van der Waals surface area (Å²) in [5.41, 5.74) is 1.29. The molecule has 1 aliphatic rings. The van der Waals surface area contributed by atoms with Gasteiger partial charge >= 0.3 is 0 Å². The molecule has 0 aliphatic carbocycles. The summed E-state index contributed by atoms with van der Waals surface area (Å²) in [5, 5.41) is 3.87. The average molecular weight is 166 g/mol. The van der Waals surface area contributed by atoms with Gasteiger partial charge in [-0.05, 0) is 11.6 Å². The van der Waals surface area contributed by atoms with Crippen LogP contribution in [0.5, 0.6) is 0 Å². The highest BCUT2D eigenvalue weighted by atomic mass is 32.2. The second-order valence-electron chi connectivity index (χ2n) is 2.49. The third kappa shape index (κ3) is 1.54. The normalized spacial score (nSPS) is 23.8. The molecule has 2 nitrogen and oxygen atoms in total. The van der Waals surface area contributed by atoms with Gasteiger partial charge in [0.25, 0.3) is 0 Å². The standard InChI is InChI=1S/C8H10N2S/c1-2-7(6-9-3-1)8-10-4-5-11-8/h1-3,6,8,10H,4-5H2/t8-/m1/s1. The molecule has 0 aromatic carbocycles. The van der Waals surface area contributed by atoms with Gasteiger partial charge in [0, 0.05) is 24.7 Å². The predicted molar refractivity (Wildman–Crippen MR) is 47.4 cm³/mol. The summed E-state index contributed by atoms with van der Waals surface area (Å²) in [6.45, 7) is 1.12. The lowest BCUT2D eigenvalue weighted by Gasteiger charge is -2.07. The molecule has 0 unspecified atom stereocenters. The lowest BCUT2D eigenvalue weighted by molar-refractivity contribution is 0.748. The molecule has 0 spiro atoms. The van der Waals surface area contributed by atoms with Crippen LogP contribution in [0.4, 0.5) is 0 Å². The Morgan fingerprint density at radius 1 is 1.64 bits per heavy atom. The molecule has 3 heteroatoms. The second-order valence-corrected chi connectivity index (χ2v) is 3.70. The first-order chi connectivity index (χ1) is 5.47. The Bertz CT molecular complexity index is 219. The fraction of sp³-hybridized carbons (Fsp3) is 0.375. The summed E-state index contributed by atoms with van der Waals surface area (Å²) in [4.78, 5) is 4.08. The molecule has 0 saturated carbocycles. The van der Waals surface area contributed by atoms with Crippen LogP contribution in [0.2, 0.25) is 0 Å². The van der Waals surface area contributed by atoms with Crippen molar-refractivity contribution >= 4 is 11.8 Å². The highest BCUT2D eigenvalue weighted by molar-refractivity contribution is 7.99. The van der Waals surface area contributed by atoms with Crippen LogP contribution in [0.15, 0.2) is 24.5 Å². The molecule has 0 amide bonds. The van der Waals surface area contributed by atoms with Gasteiger partial charge in [-0.1, -0.05) is 6.07 Å². The second kappa shape index (κ2) is 3.24. The minimum atomic E-state index is 0.476. The number of rotatable bonds is 1. The van der Waals surface area contributed by atoms with Crippen LogP contribution < -0.4 is 5.32 Å². The summed E-state index contributed by atoms with van der Waals surface area (Å²) in [5.74, 6) is 1.21. The summed E-state index contributed by atoms with van der Waals surface area (Å²) in [6.07, 6.45) is 3.74. The summed E-state index contributed by atoms with van der Waals surface area (Å²) in [7, 11) is 0. The Labute approximate surface area is 70.4 Å². The third-order valence-corrected chi connectivity index (χ3v) is 2.92. The van der Waals surface area contributed by atoms with Crippen molar-refractivity contribution in [2.45, 2.75) is 5.37 Å². The van der Waals surface area contributed by atoms with Crippen molar-refractivity contribution in [1.82, 2.24) is 10.3 Å². The van der Waals surface area contributed by atoms with Crippen molar-refractivity contribution in [3.8, 4) is 0 Å². The van der Waals surface area contributed by atoms with Crippen LogP contribution in [0.3, 0.4) is 0 Å². The van der Waals surface area contributed by atoms with Gasteiger partial charge in [-0.2, -0.15) is 0 Å². The van der Waals surface area contributed by atoms with Crippen molar-refractivity contribution in [3.63, 3.8) is 0 Å². The molecule has 0 radical (unpaired) electrons. The minimum absolute atomic E-state index is 0.476. The molecule has 2 rings (SSSR count). The maximum absolute atomic E-state index is 4.08. The molecular formula is C8H10N2S. The van der Waals surface area contributed by atoms with E-state index in [0.29, 0.717) is 5.37 Å². The first-order valence-corrected chi connectivity index (χ1v) is 4.76. The van der Waals surface area contributed by atoms with E-state index in [1.54, 1.807) is 0 Å². The Balaban J connectivity index is 2.16. The van der Waals surface area contributed by atoms with E-state index >= 15 is 0 Å². The van der Waals surface area contributed by atoms with E-state index in [2.05, 4.69) is 16.4 Å². The Morgan fingerprint density at radius 2 is 2.64 bits per heavy atom. The molecule has 1 fully saturated rings. The van der Waals surface area contributed by atoms with Gasteiger partial charge in [0.15, 0.2) is 0 Å². The van der Waals surface area contributed by atoms with E-state index in [4.69, 9.17) is 0 Å². The molecule has 1 aromatic heterocycles. The van der Waals surface area contributed by atoms with Crippen LogP contribution in [-0.2, 0) is 0 Å². The van der Waals surface area contributed by atoms with Gasteiger partial charge < -0.3 is 5.32 Å². The zero-order valence-electron chi connectivity index (χ0n) is 6.16. The highest BCUT2D eigenvalue weighted by Crippen LogP contribution is 2.28. The SMILES string of the molecule is c1cncc([C@@H]2NCCS2)c1. The van der Waals surface area contributed by atoms with Crippen molar-refractivity contribution in [2.24, 2.45) is 0 Å². The highest BCUT2D eigenvalue weighted by Gasteiger charge is 2.15. The third-order valence-electron chi connectivity index (χ3n) is 1.70. The Hall–Kier alpha value is -0.540. The van der Waals surface area contributed by atoms with Gasteiger partial charge in [0.2, 0.25) is 0 Å². The first kappa shape index (κ1) is 7.13. The zero-order valence-corrected chi connectivity index (χ0v) is 6.97. The largest absolute Gasteiger partial charge is 0.301 e. The van der Waals surface area contributed by atoms with Crippen LogP contribution in [0, 0.1) is 0 Å². The van der Waals surface area contributed by atoms with Crippen LogP contribution >= 0.6 is 11.8 Å². The summed E-state index contributed by atoms with van der Waals surface area (Å²) in [6, 6.07) is 4.10. The molecular weight excluding hydrogens is 156 g/mol. The molecule has 0 bridgehead atoms. The van der Waals surface area contributed by atoms with Crippen molar-refractivity contribution < 1.29 is 0 Å². The van der Waals surface area contributed by atoms with Crippen molar-refractivity contribution in [3.05, 3.63) is 30.1 Å². The van der Waals surface area contributed by atoms with Crippen LogP contribution in [0.1, 0.15) is 10.9 Å². The quantitative estimate of drug-likeness (QED) is 0.683. The van der Waals surface area contributed by atoms with Gasteiger partial charge in [0.05, 0.1) is 5.37 Å². The van der Waals surface area contributed by atoms with Gasteiger partial charge in [-0.15, -0.1) is 11.8 Å². The molecule has 2 heterocycles. The topological polar surface area (TPSA) is 24.9 Å². The van der Waals surface area contributed by atoms with E-state index in [9.17, 15) is 0 Å². The molecule has 58 valence electrons. The van der Waals surface area contributed by atoms with E-state index in [1.807, 2.05) is 30.2 Å². The Morgan fingerprint density at radius 3 is 3.27 bits per heavy atom. The van der Waals surface area contributed by atoms with Crippen molar-refractivity contribution in [2.75, 3.05) is 12.3 Å².